The van der Waals surface area contributed by atoms with Crippen LogP contribution in [0.4, 0.5) is 5.82 Å². The zero-order valence-electron chi connectivity index (χ0n) is 11.2. The number of nitrogens with zero attached hydrogens (tertiary/aromatic N) is 2. The molecular weight excluding hydrogens is 246 g/mol. The normalized spacial score (nSPS) is 21.0. The molecule has 0 radical (unpaired) electrons. The number of nitrogens with one attached hydrogen (secondary N) is 1. The molecule has 19 heavy (non-hydrogen) atoms. The lowest BCUT2D eigenvalue weighted by molar-refractivity contribution is -0.124. The smallest absolute Gasteiger partial charge is 0.244 e. The lowest BCUT2D eigenvalue weighted by Gasteiger charge is -2.35. The van der Waals surface area contributed by atoms with Crippen LogP contribution in [-0.2, 0) is 9.53 Å². The first kappa shape index (κ1) is 13.8. The van der Waals surface area contributed by atoms with E-state index < -0.39 is 6.10 Å². The minimum absolute atomic E-state index is 0.0823. The Bertz CT molecular complexity index is 433. The molecule has 0 bridgehead atoms. The van der Waals surface area contributed by atoms with Crippen molar-refractivity contribution in [3.63, 3.8) is 0 Å². The molecule has 2 rings (SSSR count). The highest BCUT2D eigenvalue weighted by atomic mass is 16.5. The topological polar surface area (TPSA) is 74.7 Å². The summed E-state index contributed by atoms with van der Waals surface area (Å²) in [7, 11) is 1.61. The predicted octanol–water partition coefficient (Wildman–Crippen LogP) is 0.0861. The number of ether oxygens (including phenoxy) is 1. The number of aliphatic hydroxyl groups excluding tert-OH is 1. The van der Waals surface area contributed by atoms with Gasteiger partial charge in [-0.25, -0.2) is 4.98 Å². The van der Waals surface area contributed by atoms with Gasteiger partial charge in [-0.1, -0.05) is 6.07 Å². The Balaban J connectivity index is 2.19. The summed E-state index contributed by atoms with van der Waals surface area (Å²) in [6.07, 6.45) is 1.09. The Labute approximate surface area is 112 Å². The fourth-order valence-electron chi connectivity index (χ4n) is 2.08. The number of carbonyl (C=O) groups is 1. The molecular formula is C13H19N3O3. The van der Waals surface area contributed by atoms with Crippen LogP contribution in [0.15, 0.2) is 18.3 Å². The molecule has 6 heteroatoms. The van der Waals surface area contributed by atoms with Crippen LogP contribution >= 0.6 is 0 Å². The van der Waals surface area contributed by atoms with E-state index in [2.05, 4.69) is 10.3 Å². The second kappa shape index (κ2) is 5.99. The molecule has 2 unspecified atom stereocenters. The first-order valence-corrected chi connectivity index (χ1v) is 6.33. The van der Waals surface area contributed by atoms with Gasteiger partial charge in [-0.3, -0.25) is 4.79 Å². The van der Waals surface area contributed by atoms with Crippen molar-refractivity contribution in [2.75, 3.05) is 31.7 Å². The molecule has 2 heterocycles. The van der Waals surface area contributed by atoms with Crippen molar-refractivity contribution >= 4 is 11.7 Å². The number of amides is 1. The highest BCUT2D eigenvalue weighted by Crippen LogP contribution is 2.19. The maximum Gasteiger partial charge on any atom is 0.244 e. The SMILES string of the molecule is CNC(=O)C1COCCN1c1ccc(C(C)O)cn1. The van der Waals surface area contributed by atoms with Crippen LogP contribution in [0, 0.1) is 0 Å². The van der Waals surface area contributed by atoms with Crippen molar-refractivity contribution in [1.29, 1.82) is 0 Å². The quantitative estimate of drug-likeness (QED) is 0.810. The van der Waals surface area contributed by atoms with Gasteiger partial charge >= 0.3 is 0 Å². The van der Waals surface area contributed by atoms with Crippen molar-refractivity contribution in [2.24, 2.45) is 0 Å². The van der Waals surface area contributed by atoms with Gasteiger partial charge in [0.25, 0.3) is 0 Å². The van der Waals surface area contributed by atoms with Gasteiger partial charge < -0.3 is 20.1 Å². The third kappa shape index (κ3) is 3.02. The standard InChI is InChI=1S/C13H19N3O3/c1-9(17)10-3-4-12(15-7-10)16-5-6-19-8-11(16)13(18)14-2/h3-4,7,9,11,17H,5-6,8H2,1-2H3,(H,14,18). The number of anilines is 1. The lowest BCUT2D eigenvalue weighted by Crippen LogP contribution is -2.53. The highest BCUT2D eigenvalue weighted by Gasteiger charge is 2.29. The maximum absolute atomic E-state index is 11.8. The van der Waals surface area contributed by atoms with Gasteiger partial charge in [-0.15, -0.1) is 0 Å². The molecule has 1 fully saturated rings. The van der Waals surface area contributed by atoms with E-state index in [4.69, 9.17) is 4.74 Å². The zero-order valence-corrected chi connectivity index (χ0v) is 11.2. The fourth-order valence-corrected chi connectivity index (χ4v) is 2.08. The van der Waals surface area contributed by atoms with E-state index in [1.54, 1.807) is 20.2 Å². The summed E-state index contributed by atoms with van der Waals surface area (Å²) in [5.74, 6) is 0.641. The molecule has 0 saturated carbocycles. The second-order valence-electron chi connectivity index (χ2n) is 4.52. The maximum atomic E-state index is 11.8. The molecule has 1 aliphatic heterocycles. The zero-order chi connectivity index (χ0) is 13.8. The summed E-state index contributed by atoms with van der Waals surface area (Å²) < 4.78 is 5.35. The van der Waals surface area contributed by atoms with E-state index in [0.29, 0.717) is 19.8 Å². The van der Waals surface area contributed by atoms with Crippen LogP contribution in [0.2, 0.25) is 0 Å². The van der Waals surface area contributed by atoms with E-state index in [1.807, 2.05) is 17.0 Å². The van der Waals surface area contributed by atoms with Gasteiger partial charge in [-0.05, 0) is 18.6 Å². The van der Waals surface area contributed by atoms with E-state index in [1.165, 1.54) is 0 Å². The number of rotatable bonds is 3. The van der Waals surface area contributed by atoms with Crippen LogP contribution in [0.5, 0.6) is 0 Å². The molecule has 2 atom stereocenters. The molecule has 2 N–H and O–H groups in total. The van der Waals surface area contributed by atoms with Crippen molar-refractivity contribution < 1.29 is 14.6 Å². The molecule has 1 saturated heterocycles. The molecule has 1 aromatic rings. The summed E-state index contributed by atoms with van der Waals surface area (Å²) in [5, 5.41) is 12.1. The minimum Gasteiger partial charge on any atom is -0.389 e. The number of hydrogen-bond acceptors (Lipinski definition) is 5. The molecule has 0 aliphatic carbocycles. The Morgan fingerprint density at radius 3 is 3.00 bits per heavy atom. The van der Waals surface area contributed by atoms with Crippen LogP contribution in [0.1, 0.15) is 18.6 Å². The van der Waals surface area contributed by atoms with Crippen molar-refractivity contribution in [3.8, 4) is 0 Å². The lowest BCUT2D eigenvalue weighted by atomic mass is 10.1. The monoisotopic (exact) mass is 265 g/mol. The van der Waals surface area contributed by atoms with Gasteiger partial charge in [0.15, 0.2) is 0 Å². The number of morpholine rings is 1. The van der Waals surface area contributed by atoms with E-state index in [9.17, 15) is 9.90 Å². The largest absolute Gasteiger partial charge is 0.389 e. The molecule has 0 spiro atoms. The number of hydrogen-bond donors (Lipinski definition) is 2. The number of aromatic nitrogens is 1. The van der Waals surface area contributed by atoms with Crippen LogP contribution in [-0.4, -0.2) is 48.8 Å². The van der Waals surface area contributed by atoms with Crippen LogP contribution in [0.25, 0.3) is 0 Å². The molecule has 104 valence electrons. The van der Waals surface area contributed by atoms with Crippen LogP contribution in [0.3, 0.4) is 0 Å². The molecule has 6 nitrogen and oxygen atoms in total. The highest BCUT2D eigenvalue weighted by molar-refractivity contribution is 5.85. The van der Waals surface area contributed by atoms with Gasteiger partial charge in [0, 0.05) is 19.8 Å². The number of likely N-dealkylation sites (N-methyl/N-ethyl adjacent to an activating group) is 1. The molecule has 0 aromatic carbocycles. The van der Waals surface area contributed by atoms with Crippen molar-refractivity contribution in [3.05, 3.63) is 23.9 Å². The first-order valence-electron chi connectivity index (χ1n) is 6.33. The first-order chi connectivity index (χ1) is 9.13. The van der Waals surface area contributed by atoms with Crippen molar-refractivity contribution in [2.45, 2.75) is 19.1 Å². The molecule has 1 amide bonds. The van der Waals surface area contributed by atoms with Crippen LogP contribution < -0.4 is 10.2 Å². The average Bonchev–Trinajstić information content (AvgIpc) is 2.46. The minimum atomic E-state index is -0.541. The Hall–Kier alpha value is -1.66. The van der Waals surface area contributed by atoms with Gasteiger partial charge in [0.05, 0.1) is 19.3 Å². The summed E-state index contributed by atoms with van der Waals surface area (Å²) in [4.78, 5) is 18.1. The molecule has 1 aliphatic rings. The number of pyridine rings is 1. The Morgan fingerprint density at radius 1 is 1.63 bits per heavy atom. The summed E-state index contributed by atoms with van der Waals surface area (Å²) >= 11 is 0. The van der Waals surface area contributed by atoms with E-state index in [-0.39, 0.29) is 11.9 Å². The fraction of sp³-hybridized carbons (Fsp3) is 0.538. The van der Waals surface area contributed by atoms with Gasteiger partial charge in [0.2, 0.25) is 5.91 Å². The number of carbonyl (C=O) groups excluding carboxylic acids is 1. The van der Waals surface area contributed by atoms with E-state index in [0.717, 1.165) is 11.4 Å². The Morgan fingerprint density at radius 2 is 2.42 bits per heavy atom. The average molecular weight is 265 g/mol. The second-order valence-corrected chi connectivity index (χ2v) is 4.52. The Kier molecular flexibility index (Phi) is 4.34. The predicted molar refractivity (Wildman–Crippen MR) is 70.9 cm³/mol. The third-order valence-electron chi connectivity index (χ3n) is 3.22. The third-order valence-corrected chi connectivity index (χ3v) is 3.22. The van der Waals surface area contributed by atoms with Gasteiger partial charge in [-0.2, -0.15) is 0 Å². The summed E-state index contributed by atoms with van der Waals surface area (Å²) in [5.41, 5.74) is 0.758. The van der Waals surface area contributed by atoms with Crippen molar-refractivity contribution in [1.82, 2.24) is 10.3 Å². The number of aliphatic hydroxyl groups is 1. The van der Waals surface area contributed by atoms with E-state index >= 15 is 0 Å². The van der Waals surface area contributed by atoms with Gasteiger partial charge in [0.1, 0.15) is 11.9 Å². The molecule has 1 aromatic heterocycles. The summed E-state index contributed by atoms with van der Waals surface area (Å²) in [6, 6.07) is 3.29. The summed E-state index contributed by atoms with van der Waals surface area (Å²) in [6.45, 7) is 3.25.